The van der Waals surface area contributed by atoms with E-state index in [0.29, 0.717) is 5.88 Å². The zero-order chi connectivity index (χ0) is 7.82. The predicted molar refractivity (Wildman–Crippen MR) is 36.7 cm³/mol. The van der Waals surface area contributed by atoms with E-state index in [4.69, 9.17) is 22.2 Å². The molecule has 0 aromatic heterocycles. The van der Waals surface area contributed by atoms with Crippen molar-refractivity contribution in [3.63, 3.8) is 0 Å². The van der Waals surface area contributed by atoms with Gasteiger partial charge in [0.25, 0.3) is 0 Å². The lowest BCUT2D eigenvalue weighted by atomic mass is 10.6. The van der Waals surface area contributed by atoms with Crippen LogP contribution in [0.4, 0.5) is 0 Å². The molecular weight excluding hydrogens is 158 g/mol. The molecule has 0 amide bonds. The van der Waals surface area contributed by atoms with Crippen LogP contribution in [0.3, 0.4) is 0 Å². The third kappa shape index (κ3) is 5.65. The van der Waals surface area contributed by atoms with Crippen molar-refractivity contribution in [3.05, 3.63) is 10.4 Å². The molecule has 0 fully saturated rings. The van der Waals surface area contributed by atoms with Gasteiger partial charge in [-0.25, -0.2) is 0 Å². The first kappa shape index (κ1) is 9.52. The maximum atomic E-state index is 8.77. The summed E-state index contributed by atoms with van der Waals surface area (Å²) >= 11 is 5.24. The van der Waals surface area contributed by atoms with Crippen molar-refractivity contribution in [1.82, 2.24) is 0 Å². The van der Waals surface area contributed by atoms with Crippen LogP contribution in [-0.2, 0) is 4.74 Å². The van der Waals surface area contributed by atoms with Gasteiger partial charge >= 0.3 is 0 Å². The molecule has 0 bridgehead atoms. The Labute approximate surface area is 63.2 Å². The van der Waals surface area contributed by atoms with Crippen LogP contribution < -0.4 is 0 Å². The highest BCUT2D eigenvalue weighted by molar-refractivity contribution is 6.17. The van der Waals surface area contributed by atoms with Gasteiger partial charge in [0.1, 0.15) is 0 Å². The smallest absolute Gasteiger partial charge is 0.160 e. The van der Waals surface area contributed by atoms with Crippen LogP contribution in [0.2, 0.25) is 0 Å². The van der Waals surface area contributed by atoms with Crippen molar-refractivity contribution in [1.29, 1.82) is 0 Å². The van der Waals surface area contributed by atoms with Crippen LogP contribution in [0, 0.1) is 0 Å². The van der Waals surface area contributed by atoms with Crippen molar-refractivity contribution in [2.75, 3.05) is 19.0 Å². The molecule has 6 heteroatoms. The fraction of sp³-hybridized carbons (Fsp3) is 1.00. The minimum atomic E-state index is -1.03. The van der Waals surface area contributed by atoms with Crippen LogP contribution >= 0.6 is 11.6 Å². The maximum absolute atomic E-state index is 8.77. The molecule has 0 aliphatic carbocycles. The van der Waals surface area contributed by atoms with E-state index < -0.39 is 6.29 Å². The topological polar surface area (TPSA) is 78.2 Å². The number of hydrogen-bond donors (Lipinski definition) is 1. The van der Waals surface area contributed by atoms with Crippen molar-refractivity contribution in [3.8, 4) is 0 Å². The number of azide groups is 1. The average molecular weight is 166 g/mol. The summed E-state index contributed by atoms with van der Waals surface area (Å²) in [7, 11) is 0. The van der Waals surface area contributed by atoms with E-state index in [9.17, 15) is 0 Å². The van der Waals surface area contributed by atoms with Crippen LogP contribution in [0.5, 0.6) is 0 Å². The normalized spacial score (nSPS) is 12.2. The Bertz CT molecular complexity index is 126. The van der Waals surface area contributed by atoms with Crippen LogP contribution in [0.1, 0.15) is 0 Å². The van der Waals surface area contributed by atoms with E-state index in [-0.39, 0.29) is 13.2 Å². The zero-order valence-corrected chi connectivity index (χ0v) is 6.03. The third-order valence-corrected chi connectivity index (χ3v) is 0.843. The summed E-state index contributed by atoms with van der Waals surface area (Å²) in [6.07, 6.45) is -1.03. The van der Waals surface area contributed by atoms with Gasteiger partial charge in [-0.1, -0.05) is 5.11 Å². The molecule has 10 heavy (non-hydrogen) atoms. The minimum absolute atomic E-state index is 0.0760. The number of aliphatic hydroxyl groups is 1. The number of ether oxygens (including phenoxy) is 1. The first-order valence-electron chi connectivity index (χ1n) is 2.67. The van der Waals surface area contributed by atoms with E-state index in [1.54, 1.807) is 0 Å². The van der Waals surface area contributed by atoms with E-state index in [1.165, 1.54) is 0 Å². The van der Waals surface area contributed by atoms with Gasteiger partial charge in [0, 0.05) is 10.8 Å². The molecule has 0 heterocycles. The molecule has 0 aliphatic heterocycles. The number of rotatable bonds is 5. The van der Waals surface area contributed by atoms with E-state index in [2.05, 4.69) is 14.8 Å². The predicted octanol–water partition coefficient (Wildman–Crippen LogP) is 0.871. The molecule has 0 aromatic carbocycles. The highest BCUT2D eigenvalue weighted by Crippen LogP contribution is 1.88. The molecule has 0 rings (SSSR count). The maximum Gasteiger partial charge on any atom is 0.160 e. The Kier molecular flexibility index (Phi) is 6.32. The molecule has 58 valence electrons. The summed E-state index contributed by atoms with van der Waals surface area (Å²) in [5.74, 6) is 0.313. The highest BCUT2D eigenvalue weighted by Gasteiger charge is 1.99. The standard InChI is InChI=1S/C4H8ClN3O2/c5-1-2-10-4(9)3-7-8-6/h4,9H,1-3H2. The quantitative estimate of drug-likeness (QED) is 0.216. The fourth-order valence-electron chi connectivity index (χ4n) is 0.340. The molecule has 5 nitrogen and oxygen atoms in total. The van der Waals surface area contributed by atoms with Crippen molar-refractivity contribution in [2.24, 2.45) is 5.11 Å². The number of aliphatic hydroxyl groups excluding tert-OH is 1. The number of hydrogen-bond acceptors (Lipinski definition) is 3. The molecule has 1 atom stereocenters. The van der Waals surface area contributed by atoms with Gasteiger partial charge in [0.2, 0.25) is 0 Å². The van der Waals surface area contributed by atoms with Crippen LogP contribution in [0.15, 0.2) is 5.11 Å². The molecule has 0 saturated heterocycles. The molecule has 1 N–H and O–H groups in total. The fourth-order valence-corrected chi connectivity index (χ4v) is 0.429. The van der Waals surface area contributed by atoms with E-state index >= 15 is 0 Å². The van der Waals surface area contributed by atoms with Crippen molar-refractivity contribution < 1.29 is 9.84 Å². The van der Waals surface area contributed by atoms with E-state index in [1.807, 2.05) is 0 Å². The molecule has 0 aromatic rings. The lowest BCUT2D eigenvalue weighted by Gasteiger charge is -2.05. The Hall–Kier alpha value is -0.480. The summed E-state index contributed by atoms with van der Waals surface area (Å²) < 4.78 is 4.65. The van der Waals surface area contributed by atoms with Gasteiger partial charge in [0.15, 0.2) is 6.29 Å². The van der Waals surface area contributed by atoms with Gasteiger partial charge in [-0.2, -0.15) is 0 Å². The second-order valence-corrected chi connectivity index (χ2v) is 1.81. The average Bonchev–Trinajstić information content (AvgIpc) is 1.97. The number of halogens is 1. The lowest BCUT2D eigenvalue weighted by Crippen LogP contribution is -2.16. The minimum Gasteiger partial charge on any atom is -0.368 e. The highest BCUT2D eigenvalue weighted by atomic mass is 35.5. The second kappa shape index (κ2) is 6.64. The zero-order valence-electron chi connectivity index (χ0n) is 5.27. The van der Waals surface area contributed by atoms with Crippen LogP contribution in [0.25, 0.3) is 10.4 Å². The largest absolute Gasteiger partial charge is 0.368 e. The Morgan fingerprint density at radius 3 is 3.00 bits per heavy atom. The summed E-state index contributed by atoms with van der Waals surface area (Å²) in [6, 6.07) is 0. The molecule has 0 spiro atoms. The second-order valence-electron chi connectivity index (χ2n) is 1.43. The van der Waals surface area contributed by atoms with Crippen LogP contribution in [-0.4, -0.2) is 30.4 Å². The molecule has 0 aliphatic rings. The van der Waals surface area contributed by atoms with Crippen molar-refractivity contribution in [2.45, 2.75) is 6.29 Å². The number of nitrogens with zero attached hydrogens (tertiary/aromatic N) is 3. The first-order valence-corrected chi connectivity index (χ1v) is 3.21. The molecular formula is C4H8ClN3O2. The molecule has 0 radical (unpaired) electrons. The van der Waals surface area contributed by atoms with Gasteiger partial charge in [-0.15, -0.1) is 11.6 Å². The monoisotopic (exact) mass is 165 g/mol. The Balaban J connectivity index is 3.24. The molecule has 0 saturated carbocycles. The Morgan fingerprint density at radius 1 is 1.80 bits per heavy atom. The Morgan fingerprint density at radius 2 is 2.50 bits per heavy atom. The van der Waals surface area contributed by atoms with Gasteiger partial charge < -0.3 is 9.84 Å². The summed E-state index contributed by atoms with van der Waals surface area (Å²) in [5.41, 5.74) is 7.81. The first-order chi connectivity index (χ1) is 4.81. The third-order valence-electron chi connectivity index (χ3n) is 0.688. The van der Waals surface area contributed by atoms with Gasteiger partial charge in [0.05, 0.1) is 13.2 Å². The van der Waals surface area contributed by atoms with E-state index in [0.717, 1.165) is 0 Å². The molecule has 1 unspecified atom stereocenters. The lowest BCUT2D eigenvalue weighted by molar-refractivity contribution is -0.0856. The summed E-state index contributed by atoms with van der Waals surface area (Å²) in [5, 5.41) is 11.9. The van der Waals surface area contributed by atoms with Gasteiger partial charge in [-0.05, 0) is 5.53 Å². The number of alkyl halides is 1. The summed E-state index contributed by atoms with van der Waals surface area (Å²) in [6.45, 7) is 0.178. The summed E-state index contributed by atoms with van der Waals surface area (Å²) in [4.78, 5) is 2.44. The van der Waals surface area contributed by atoms with Crippen molar-refractivity contribution >= 4 is 11.6 Å². The van der Waals surface area contributed by atoms with Gasteiger partial charge in [-0.3, -0.25) is 0 Å². The SMILES string of the molecule is [N-]=[N+]=NCC(O)OCCCl.